The van der Waals surface area contributed by atoms with Crippen molar-refractivity contribution in [1.82, 2.24) is 9.80 Å². The van der Waals surface area contributed by atoms with Crippen LogP contribution in [0.4, 0.5) is 0 Å². The molecule has 2 unspecified atom stereocenters. The van der Waals surface area contributed by atoms with Crippen LogP contribution >= 0.6 is 0 Å². The monoisotopic (exact) mass is 220 g/mol. The van der Waals surface area contributed by atoms with Crippen molar-refractivity contribution < 1.29 is 9.59 Å². The molecule has 2 saturated heterocycles. The summed E-state index contributed by atoms with van der Waals surface area (Å²) in [4.78, 5) is 27.1. The lowest BCUT2D eigenvalue weighted by atomic mass is 9.96. The van der Waals surface area contributed by atoms with Crippen molar-refractivity contribution in [3.8, 4) is 0 Å². The topological polar surface area (TPSA) is 40.6 Å². The minimum Gasteiger partial charge on any atom is -0.300 e. The van der Waals surface area contributed by atoms with Gasteiger partial charge in [-0.25, -0.2) is 0 Å². The Morgan fingerprint density at radius 1 is 1.00 bits per heavy atom. The van der Waals surface area contributed by atoms with Gasteiger partial charge in [0, 0.05) is 30.8 Å². The molecule has 3 heterocycles. The Labute approximate surface area is 94.9 Å². The van der Waals surface area contributed by atoms with Crippen molar-refractivity contribution >= 4 is 11.8 Å². The van der Waals surface area contributed by atoms with Crippen LogP contribution in [0.15, 0.2) is 12.2 Å². The molecule has 0 spiro atoms. The van der Waals surface area contributed by atoms with Gasteiger partial charge in [0.1, 0.15) is 0 Å². The van der Waals surface area contributed by atoms with E-state index < -0.39 is 0 Å². The standard InChI is InChI=1S/C12H16N2O2/c15-11-3-4-12(16)14(11)10-5-7-13-6-1-2-9(13)8-10/h3-4,9-10H,1-2,5-8H2. The third kappa shape index (κ3) is 1.48. The van der Waals surface area contributed by atoms with E-state index in [1.165, 1.54) is 36.4 Å². The summed E-state index contributed by atoms with van der Waals surface area (Å²) >= 11 is 0. The summed E-state index contributed by atoms with van der Waals surface area (Å²) < 4.78 is 0. The molecule has 0 aromatic rings. The summed E-state index contributed by atoms with van der Waals surface area (Å²) in [5, 5.41) is 0. The van der Waals surface area contributed by atoms with Gasteiger partial charge >= 0.3 is 0 Å². The number of hydrogen-bond donors (Lipinski definition) is 0. The number of carbonyl (C=O) groups excluding carboxylic acids is 2. The second-order valence-electron chi connectivity index (χ2n) is 4.89. The normalized spacial score (nSPS) is 34.9. The average Bonchev–Trinajstić information content (AvgIpc) is 2.85. The molecule has 0 aromatic heterocycles. The van der Waals surface area contributed by atoms with Gasteiger partial charge < -0.3 is 4.90 Å². The largest absolute Gasteiger partial charge is 0.300 e. The summed E-state index contributed by atoms with van der Waals surface area (Å²) in [6, 6.07) is 0.731. The lowest BCUT2D eigenvalue weighted by Crippen LogP contribution is -2.49. The van der Waals surface area contributed by atoms with E-state index in [0.29, 0.717) is 6.04 Å². The summed E-state index contributed by atoms with van der Waals surface area (Å²) in [6.45, 7) is 2.23. The first-order chi connectivity index (χ1) is 7.75. The molecule has 16 heavy (non-hydrogen) atoms. The molecule has 2 amide bonds. The van der Waals surface area contributed by atoms with Gasteiger partial charge in [0.15, 0.2) is 0 Å². The smallest absolute Gasteiger partial charge is 0.253 e. The van der Waals surface area contributed by atoms with Crippen LogP contribution in [0.5, 0.6) is 0 Å². The zero-order valence-corrected chi connectivity index (χ0v) is 9.26. The highest BCUT2D eigenvalue weighted by molar-refractivity contribution is 6.13. The molecule has 4 nitrogen and oxygen atoms in total. The van der Waals surface area contributed by atoms with Crippen LogP contribution in [-0.4, -0.2) is 46.8 Å². The zero-order chi connectivity index (χ0) is 11.1. The van der Waals surface area contributed by atoms with Crippen LogP contribution in [0, 0.1) is 0 Å². The Bertz CT molecular complexity index is 346. The first kappa shape index (κ1) is 10.0. The van der Waals surface area contributed by atoms with E-state index in [-0.39, 0.29) is 17.9 Å². The third-order valence-corrected chi connectivity index (χ3v) is 4.00. The number of piperidine rings is 1. The molecule has 0 saturated carbocycles. The Kier molecular flexibility index (Phi) is 2.32. The lowest BCUT2D eigenvalue weighted by molar-refractivity contribution is -0.140. The molecule has 4 heteroatoms. The van der Waals surface area contributed by atoms with E-state index in [2.05, 4.69) is 4.90 Å². The zero-order valence-electron chi connectivity index (χ0n) is 9.26. The molecular formula is C12H16N2O2. The van der Waals surface area contributed by atoms with Gasteiger partial charge in [-0.1, -0.05) is 0 Å². The third-order valence-electron chi connectivity index (χ3n) is 4.00. The van der Waals surface area contributed by atoms with Crippen LogP contribution in [-0.2, 0) is 9.59 Å². The molecule has 2 fully saturated rings. The summed E-state index contributed by atoms with van der Waals surface area (Å²) in [6.07, 6.45) is 7.18. The molecule has 86 valence electrons. The molecule has 0 aromatic carbocycles. The van der Waals surface area contributed by atoms with Crippen molar-refractivity contribution in [3.63, 3.8) is 0 Å². The van der Waals surface area contributed by atoms with E-state index in [0.717, 1.165) is 19.4 Å². The lowest BCUT2D eigenvalue weighted by Gasteiger charge is -2.38. The van der Waals surface area contributed by atoms with Crippen molar-refractivity contribution in [2.75, 3.05) is 13.1 Å². The van der Waals surface area contributed by atoms with Gasteiger partial charge in [0.25, 0.3) is 11.8 Å². The Hall–Kier alpha value is -1.16. The highest BCUT2D eigenvalue weighted by Gasteiger charge is 2.38. The molecule has 2 atom stereocenters. The molecule has 0 bridgehead atoms. The number of amides is 2. The molecule has 0 radical (unpaired) electrons. The maximum atomic E-state index is 11.6. The number of fused-ring (bicyclic) bond motifs is 1. The number of nitrogens with zero attached hydrogens (tertiary/aromatic N) is 2. The average molecular weight is 220 g/mol. The molecular weight excluding hydrogens is 204 g/mol. The predicted octanol–water partition coefficient (Wildman–Crippen LogP) is 0.538. The van der Waals surface area contributed by atoms with Crippen molar-refractivity contribution in [3.05, 3.63) is 12.2 Å². The van der Waals surface area contributed by atoms with Crippen LogP contribution in [0.1, 0.15) is 25.7 Å². The SMILES string of the molecule is O=C1C=CC(=O)N1C1CCN2CCCC2C1. The van der Waals surface area contributed by atoms with E-state index in [4.69, 9.17) is 0 Å². The van der Waals surface area contributed by atoms with Crippen molar-refractivity contribution in [2.45, 2.75) is 37.8 Å². The van der Waals surface area contributed by atoms with Gasteiger partial charge in [-0.3, -0.25) is 14.5 Å². The fraction of sp³-hybridized carbons (Fsp3) is 0.667. The van der Waals surface area contributed by atoms with E-state index in [1.807, 2.05) is 0 Å². The quantitative estimate of drug-likeness (QED) is 0.605. The van der Waals surface area contributed by atoms with Gasteiger partial charge in [-0.05, 0) is 32.2 Å². The van der Waals surface area contributed by atoms with Crippen molar-refractivity contribution in [1.29, 1.82) is 0 Å². The molecule has 3 aliphatic rings. The maximum absolute atomic E-state index is 11.6. The summed E-state index contributed by atoms with van der Waals surface area (Å²) in [5.74, 6) is -0.247. The Balaban J connectivity index is 1.72. The van der Waals surface area contributed by atoms with Crippen LogP contribution in [0.25, 0.3) is 0 Å². The molecule has 0 N–H and O–H groups in total. The van der Waals surface area contributed by atoms with Crippen LogP contribution in [0.2, 0.25) is 0 Å². The number of carbonyl (C=O) groups is 2. The van der Waals surface area contributed by atoms with E-state index >= 15 is 0 Å². The first-order valence-corrected chi connectivity index (χ1v) is 6.05. The van der Waals surface area contributed by atoms with E-state index in [1.54, 1.807) is 0 Å². The second-order valence-corrected chi connectivity index (χ2v) is 4.89. The minimum absolute atomic E-state index is 0.124. The number of hydrogen-bond acceptors (Lipinski definition) is 3. The van der Waals surface area contributed by atoms with E-state index in [9.17, 15) is 9.59 Å². The Morgan fingerprint density at radius 3 is 2.50 bits per heavy atom. The van der Waals surface area contributed by atoms with Gasteiger partial charge in [0.05, 0.1) is 0 Å². The number of rotatable bonds is 1. The maximum Gasteiger partial charge on any atom is 0.253 e. The first-order valence-electron chi connectivity index (χ1n) is 6.05. The molecule has 3 aliphatic heterocycles. The second kappa shape index (κ2) is 3.70. The minimum atomic E-state index is -0.124. The fourth-order valence-corrected chi connectivity index (χ4v) is 3.21. The number of imide groups is 1. The van der Waals surface area contributed by atoms with Crippen molar-refractivity contribution in [2.24, 2.45) is 0 Å². The molecule has 0 aliphatic carbocycles. The van der Waals surface area contributed by atoms with Crippen LogP contribution < -0.4 is 0 Å². The van der Waals surface area contributed by atoms with Gasteiger partial charge in [-0.2, -0.15) is 0 Å². The highest BCUT2D eigenvalue weighted by atomic mass is 16.2. The van der Waals surface area contributed by atoms with Gasteiger partial charge in [-0.15, -0.1) is 0 Å². The summed E-state index contributed by atoms with van der Waals surface area (Å²) in [5.41, 5.74) is 0. The van der Waals surface area contributed by atoms with Gasteiger partial charge in [0.2, 0.25) is 0 Å². The molecule has 3 rings (SSSR count). The Morgan fingerprint density at radius 2 is 1.75 bits per heavy atom. The highest BCUT2D eigenvalue weighted by Crippen LogP contribution is 2.30. The van der Waals surface area contributed by atoms with Crippen LogP contribution in [0.3, 0.4) is 0 Å². The summed E-state index contributed by atoms with van der Waals surface area (Å²) in [7, 11) is 0. The predicted molar refractivity (Wildman–Crippen MR) is 58.6 cm³/mol. The fourth-order valence-electron chi connectivity index (χ4n) is 3.21.